The Bertz CT molecular complexity index is 1240. The first-order valence-corrected chi connectivity index (χ1v) is 12.5. The fraction of sp³-hybridized carbons (Fsp3) is 0.393. The lowest BCUT2D eigenvalue weighted by Crippen LogP contribution is -2.56. The van der Waals surface area contributed by atoms with Gasteiger partial charge in [-0.25, -0.2) is 0 Å². The summed E-state index contributed by atoms with van der Waals surface area (Å²) >= 11 is 0. The minimum absolute atomic E-state index is 0.246. The predicted octanol–water partition coefficient (Wildman–Crippen LogP) is 2.16. The van der Waals surface area contributed by atoms with Crippen LogP contribution >= 0.6 is 0 Å². The van der Waals surface area contributed by atoms with Gasteiger partial charge in [0.15, 0.2) is 0 Å². The molecule has 3 N–H and O–H groups in total. The molecule has 3 amide bonds. The molecule has 0 bridgehead atoms. The van der Waals surface area contributed by atoms with E-state index in [0.717, 1.165) is 22.3 Å². The van der Waals surface area contributed by atoms with Crippen LogP contribution in [0.3, 0.4) is 0 Å². The first kappa shape index (κ1) is 26.1. The van der Waals surface area contributed by atoms with Gasteiger partial charge in [-0.05, 0) is 53.5 Å². The van der Waals surface area contributed by atoms with Crippen LogP contribution < -0.4 is 10.6 Å². The topological polar surface area (TPSA) is 133 Å². The molecule has 0 aromatic heterocycles. The summed E-state index contributed by atoms with van der Waals surface area (Å²) in [5, 5.41) is 14.3. The quantitative estimate of drug-likeness (QED) is 0.382. The number of nitrogens with zero attached hydrogens (tertiary/aromatic N) is 1. The maximum Gasteiger partial charge on any atom is 0.305 e. The fourth-order valence-corrected chi connectivity index (χ4v) is 5.18. The van der Waals surface area contributed by atoms with E-state index in [-0.39, 0.29) is 17.7 Å². The monoisotopic (exact) mass is 505 g/mol. The van der Waals surface area contributed by atoms with Crippen molar-refractivity contribution in [2.75, 3.05) is 6.54 Å². The molecule has 2 aromatic rings. The highest BCUT2D eigenvalue weighted by molar-refractivity contribution is 6.02. The Kier molecular flexibility index (Phi) is 7.71. The highest BCUT2D eigenvalue weighted by atomic mass is 16.4. The van der Waals surface area contributed by atoms with Crippen molar-refractivity contribution in [2.45, 2.75) is 57.7 Å². The highest BCUT2D eigenvalue weighted by Gasteiger charge is 2.39. The molecule has 0 saturated carbocycles. The molecule has 9 heteroatoms. The second-order valence-electron chi connectivity index (χ2n) is 9.90. The molecule has 2 aromatic carbocycles. The molecule has 1 heterocycles. The van der Waals surface area contributed by atoms with Crippen molar-refractivity contribution in [3.05, 3.63) is 59.2 Å². The van der Waals surface area contributed by atoms with E-state index in [1.807, 2.05) is 50.2 Å². The summed E-state index contributed by atoms with van der Waals surface area (Å²) in [6.45, 7) is 3.99. The molecule has 9 nitrogen and oxygen atoms in total. The minimum Gasteiger partial charge on any atom is -0.481 e. The molecule has 0 radical (unpaired) electrons. The average molecular weight is 506 g/mol. The van der Waals surface area contributed by atoms with Crippen molar-refractivity contribution in [1.82, 2.24) is 15.5 Å². The van der Waals surface area contributed by atoms with E-state index in [1.54, 1.807) is 6.07 Å². The zero-order chi connectivity index (χ0) is 26.7. The van der Waals surface area contributed by atoms with Gasteiger partial charge in [-0.3, -0.25) is 19.2 Å². The Balaban J connectivity index is 1.50. The molecule has 1 aliphatic carbocycles. The molecule has 1 aliphatic heterocycles. The number of carbonyl (C=O) groups excluding carboxylic acids is 4. The van der Waals surface area contributed by atoms with Gasteiger partial charge in [0.25, 0.3) is 5.91 Å². The lowest BCUT2D eigenvalue weighted by Gasteiger charge is -2.31. The third kappa shape index (κ3) is 5.40. The molecule has 3 atom stereocenters. The van der Waals surface area contributed by atoms with E-state index < -0.39 is 36.4 Å². The predicted molar refractivity (Wildman–Crippen MR) is 136 cm³/mol. The number of hydrogen-bond acceptors (Lipinski definition) is 5. The summed E-state index contributed by atoms with van der Waals surface area (Å²) in [6, 6.07) is 10.7. The van der Waals surface area contributed by atoms with Crippen LogP contribution in [-0.4, -0.2) is 64.7 Å². The largest absolute Gasteiger partial charge is 0.481 e. The van der Waals surface area contributed by atoms with Crippen molar-refractivity contribution < 1.29 is 29.1 Å². The standard InChI is InChI=1S/C28H31N3O6/c1-16(2)25(28(37)31-12-6-11-23(31)27(36)29-18(15-32)14-24(33)34)30-26(35)21-10-5-9-20-19-8-4-3-7-17(19)13-22(20)21/h3-5,7-10,15-16,18,23,25H,6,11-14H2,1-2H3,(H,29,36)(H,30,35)(H,33,34)/t18?,23?,25-/m0/s1. The summed E-state index contributed by atoms with van der Waals surface area (Å²) in [5.74, 6) is -2.76. The van der Waals surface area contributed by atoms with Crippen LogP contribution in [0.5, 0.6) is 0 Å². The van der Waals surface area contributed by atoms with E-state index in [0.29, 0.717) is 37.7 Å². The maximum atomic E-state index is 13.6. The molecule has 0 spiro atoms. The first-order chi connectivity index (χ1) is 17.7. The van der Waals surface area contributed by atoms with Crippen LogP contribution in [0, 0.1) is 5.92 Å². The van der Waals surface area contributed by atoms with Crippen molar-refractivity contribution in [2.24, 2.45) is 5.92 Å². The van der Waals surface area contributed by atoms with Crippen molar-refractivity contribution in [3.63, 3.8) is 0 Å². The second kappa shape index (κ2) is 10.9. The van der Waals surface area contributed by atoms with Crippen LogP contribution in [0.4, 0.5) is 0 Å². The number of aliphatic carboxylic acids is 1. The summed E-state index contributed by atoms with van der Waals surface area (Å²) in [5.41, 5.74) is 4.71. The third-order valence-electron chi connectivity index (χ3n) is 7.04. The lowest BCUT2D eigenvalue weighted by atomic mass is 9.98. The number of benzene rings is 2. The van der Waals surface area contributed by atoms with Gasteiger partial charge < -0.3 is 25.4 Å². The van der Waals surface area contributed by atoms with Gasteiger partial charge in [0.05, 0.1) is 12.5 Å². The molecule has 1 saturated heterocycles. The van der Waals surface area contributed by atoms with E-state index in [2.05, 4.69) is 10.6 Å². The lowest BCUT2D eigenvalue weighted by molar-refractivity contribution is -0.142. The normalized spacial score (nSPS) is 17.5. The number of rotatable bonds is 9. The molecule has 4 rings (SSSR count). The van der Waals surface area contributed by atoms with Gasteiger partial charge >= 0.3 is 5.97 Å². The minimum atomic E-state index is -1.21. The summed E-state index contributed by atoms with van der Waals surface area (Å²) in [7, 11) is 0. The molecule has 37 heavy (non-hydrogen) atoms. The van der Waals surface area contributed by atoms with E-state index in [4.69, 9.17) is 5.11 Å². The van der Waals surface area contributed by atoms with E-state index in [1.165, 1.54) is 4.90 Å². The smallest absolute Gasteiger partial charge is 0.305 e. The van der Waals surface area contributed by atoms with Crippen LogP contribution in [-0.2, 0) is 25.6 Å². The number of hydrogen-bond donors (Lipinski definition) is 3. The molecule has 2 aliphatic rings. The maximum absolute atomic E-state index is 13.6. The molecular weight excluding hydrogens is 474 g/mol. The SMILES string of the molecule is CC(C)[C@H](NC(=O)c1cccc2c1Cc1ccccc1-2)C(=O)N1CCCC1C(=O)NC(C=O)CC(=O)O. The van der Waals surface area contributed by atoms with Gasteiger partial charge in [0, 0.05) is 12.1 Å². The number of carbonyl (C=O) groups is 5. The molecule has 194 valence electrons. The zero-order valence-electron chi connectivity index (χ0n) is 20.9. The molecular formula is C28H31N3O6. The van der Waals surface area contributed by atoms with E-state index >= 15 is 0 Å². The summed E-state index contributed by atoms with van der Waals surface area (Å²) in [6.07, 6.45) is 1.45. The zero-order valence-corrected chi connectivity index (χ0v) is 20.9. The van der Waals surface area contributed by atoms with Gasteiger partial charge in [0.2, 0.25) is 11.8 Å². The van der Waals surface area contributed by atoms with Crippen molar-refractivity contribution in [3.8, 4) is 11.1 Å². The number of amides is 3. The highest BCUT2D eigenvalue weighted by Crippen LogP contribution is 2.38. The number of carboxylic acids is 1. The van der Waals surface area contributed by atoms with Crippen LogP contribution in [0.15, 0.2) is 42.5 Å². The first-order valence-electron chi connectivity index (χ1n) is 12.5. The van der Waals surface area contributed by atoms with Crippen LogP contribution in [0.25, 0.3) is 11.1 Å². The van der Waals surface area contributed by atoms with Crippen molar-refractivity contribution in [1.29, 1.82) is 0 Å². The number of nitrogens with one attached hydrogen (secondary N) is 2. The Morgan fingerprint density at radius 2 is 1.78 bits per heavy atom. The van der Waals surface area contributed by atoms with Crippen LogP contribution in [0.1, 0.15) is 54.6 Å². The summed E-state index contributed by atoms with van der Waals surface area (Å²) in [4.78, 5) is 63.4. The summed E-state index contributed by atoms with van der Waals surface area (Å²) < 4.78 is 0. The number of aldehydes is 1. The van der Waals surface area contributed by atoms with Gasteiger partial charge in [-0.2, -0.15) is 0 Å². The van der Waals surface area contributed by atoms with Gasteiger partial charge in [-0.15, -0.1) is 0 Å². The number of carboxylic acid groups (broad SMARTS) is 1. The average Bonchev–Trinajstić information content (AvgIpc) is 3.51. The van der Waals surface area contributed by atoms with E-state index in [9.17, 15) is 24.0 Å². The number of fused-ring (bicyclic) bond motifs is 3. The van der Waals surface area contributed by atoms with Crippen LogP contribution in [0.2, 0.25) is 0 Å². The third-order valence-corrected chi connectivity index (χ3v) is 7.04. The van der Waals surface area contributed by atoms with Crippen molar-refractivity contribution >= 4 is 30.0 Å². The van der Waals surface area contributed by atoms with Gasteiger partial charge in [0.1, 0.15) is 18.4 Å². The number of likely N-dealkylation sites (tertiary alicyclic amines) is 1. The Hall–Kier alpha value is -4.01. The molecule has 2 unspecified atom stereocenters. The van der Waals surface area contributed by atoms with Gasteiger partial charge in [-0.1, -0.05) is 50.2 Å². The Labute approximate surface area is 215 Å². The second-order valence-corrected chi connectivity index (χ2v) is 9.90. The molecule has 1 fully saturated rings. The Morgan fingerprint density at radius 3 is 2.49 bits per heavy atom. The Morgan fingerprint density at radius 1 is 1.05 bits per heavy atom. The fourth-order valence-electron chi connectivity index (χ4n) is 5.18.